The van der Waals surface area contributed by atoms with E-state index in [0.29, 0.717) is 12.4 Å². The molecule has 0 spiro atoms. The van der Waals surface area contributed by atoms with Gasteiger partial charge in [-0.25, -0.2) is 9.97 Å². The number of aryl methyl sites for hydroxylation is 3. The van der Waals surface area contributed by atoms with Gasteiger partial charge in [0.2, 0.25) is 0 Å². The van der Waals surface area contributed by atoms with E-state index in [1.165, 1.54) is 0 Å². The van der Waals surface area contributed by atoms with Crippen LogP contribution < -0.4 is 10.1 Å². The Labute approximate surface area is 124 Å². The lowest BCUT2D eigenvalue weighted by Crippen LogP contribution is -2.05. The van der Waals surface area contributed by atoms with Crippen LogP contribution in [0.4, 0.5) is 5.82 Å². The van der Waals surface area contributed by atoms with Crippen molar-refractivity contribution in [3.05, 3.63) is 45.9 Å². The van der Waals surface area contributed by atoms with E-state index in [9.17, 15) is 0 Å². The number of ether oxygens (including phenoxy) is 1. The van der Waals surface area contributed by atoms with E-state index in [1.807, 2.05) is 46.0 Å². The van der Waals surface area contributed by atoms with Gasteiger partial charge in [-0.15, -0.1) is 0 Å². The van der Waals surface area contributed by atoms with Gasteiger partial charge < -0.3 is 10.1 Å². The molecule has 0 fully saturated rings. The van der Waals surface area contributed by atoms with Crippen molar-refractivity contribution < 1.29 is 4.74 Å². The summed E-state index contributed by atoms with van der Waals surface area (Å²) >= 11 is 6.14. The molecule has 1 aromatic heterocycles. The number of hydrogen-bond donors (Lipinski definition) is 1. The number of nitrogens with one attached hydrogen (secondary N) is 1. The molecule has 2 aromatic rings. The molecule has 0 aliphatic heterocycles. The first-order chi connectivity index (χ1) is 9.49. The van der Waals surface area contributed by atoms with Gasteiger partial charge in [-0.1, -0.05) is 11.6 Å². The second-order valence-corrected chi connectivity index (χ2v) is 5.10. The number of hydrogen-bond acceptors (Lipinski definition) is 4. The van der Waals surface area contributed by atoms with Crippen LogP contribution in [0.25, 0.3) is 0 Å². The zero-order valence-electron chi connectivity index (χ0n) is 12.1. The van der Waals surface area contributed by atoms with Crippen LogP contribution in [0.1, 0.15) is 22.6 Å². The van der Waals surface area contributed by atoms with Crippen molar-refractivity contribution in [2.24, 2.45) is 0 Å². The van der Waals surface area contributed by atoms with Crippen LogP contribution in [-0.4, -0.2) is 17.0 Å². The van der Waals surface area contributed by atoms with E-state index in [-0.39, 0.29) is 0 Å². The highest BCUT2D eigenvalue weighted by molar-refractivity contribution is 6.32. The minimum absolute atomic E-state index is 0.330. The predicted octanol–water partition coefficient (Wildman–Crippen LogP) is 3.68. The molecule has 5 heteroatoms. The summed E-state index contributed by atoms with van der Waals surface area (Å²) in [4.78, 5) is 8.71. The Morgan fingerprint density at radius 2 is 1.75 bits per heavy atom. The standard InChI is InChI=1S/C15H18ClN3O/c1-9-5-12(6-10(2)15(9)16)20-8-14-18-11(3)7-13(17-4)19-14/h5-7H,8H2,1-4H3,(H,17,18,19). The number of benzene rings is 1. The highest BCUT2D eigenvalue weighted by Gasteiger charge is 2.06. The van der Waals surface area contributed by atoms with Gasteiger partial charge in [0.15, 0.2) is 5.82 Å². The maximum absolute atomic E-state index is 6.14. The van der Waals surface area contributed by atoms with Crippen LogP contribution in [0, 0.1) is 20.8 Å². The Morgan fingerprint density at radius 3 is 2.35 bits per heavy atom. The molecule has 2 rings (SSSR count). The van der Waals surface area contributed by atoms with Crippen LogP contribution >= 0.6 is 11.6 Å². The highest BCUT2D eigenvalue weighted by atomic mass is 35.5. The average Bonchev–Trinajstić information content (AvgIpc) is 2.41. The molecule has 20 heavy (non-hydrogen) atoms. The normalized spacial score (nSPS) is 10.4. The molecular weight excluding hydrogens is 274 g/mol. The van der Waals surface area contributed by atoms with Crippen molar-refractivity contribution in [2.45, 2.75) is 27.4 Å². The first-order valence-electron chi connectivity index (χ1n) is 6.41. The van der Waals surface area contributed by atoms with Gasteiger partial charge >= 0.3 is 0 Å². The smallest absolute Gasteiger partial charge is 0.168 e. The summed E-state index contributed by atoms with van der Waals surface area (Å²) in [6.45, 7) is 6.19. The van der Waals surface area contributed by atoms with E-state index in [0.717, 1.165) is 33.4 Å². The van der Waals surface area contributed by atoms with Crippen LogP contribution in [0.2, 0.25) is 5.02 Å². The van der Waals surface area contributed by atoms with Crippen molar-refractivity contribution in [2.75, 3.05) is 12.4 Å². The van der Waals surface area contributed by atoms with Crippen molar-refractivity contribution in [3.63, 3.8) is 0 Å². The first kappa shape index (κ1) is 14.6. The van der Waals surface area contributed by atoms with Gasteiger partial charge in [-0.3, -0.25) is 0 Å². The maximum Gasteiger partial charge on any atom is 0.168 e. The summed E-state index contributed by atoms with van der Waals surface area (Å²) in [5.41, 5.74) is 2.91. The van der Waals surface area contributed by atoms with Crippen molar-refractivity contribution in [1.29, 1.82) is 0 Å². The molecule has 0 saturated carbocycles. The van der Waals surface area contributed by atoms with Crippen LogP contribution in [0.15, 0.2) is 18.2 Å². The van der Waals surface area contributed by atoms with Crippen LogP contribution in [0.5, 0.6) is 5.75 Å². The Kier molecular flexibility index (Phi) is 4.45. The third-order valence-electron chi connectivity index (χ3n) is 2.93. The average molecular weight is 292 g/mol. The van der Waals surface area contributed by atoms with Gasteiger partial charge in [0.25, 0.3) is 0 Å². The zero-order chi connectivity index (χ0) is 14.7. The summed E-state index contributed by atoms with van der Waals surface area (Å²) in [5, 5.41) is 3.79. The zero-order valence-corrected chi connectivity index (χ0v) is 12.9. The summed E-state index contributed by atoms with van der Waals surface area (Å²) < 4.78 is 5.75. The molecule has 0 radical (unpaired) electrons. The molecule has 4 nitrogen and oxygen atoms in total. The predicted molar refractivity (Wildman–Crippen MR) is 81.6 cm³/mol. The Morgan fingerprint density at radius 1 is 1.10 bits per heavy atom. The summed E-state index contributed by atoms with van der Waals surface area (Å²) in [7, 11) is 1.83. The van der Waals surface area contributed by atoms with Crippen molar-refractivity contribution in [1.82, 2.24) is 9.97 Å². The SMILES string of the molecule is CNc1cc(C)nc(COc2cc(C)c(Cl)c(C)c2)n1. The number of aromatic nitrogens is 2. The van der Waals surface area contributed by atoms with Gasteiger partial charge in [0.05, 0.1) is 0 Å². The van der Waals surface area contributed by atoms with Crippen molar-refractivity contribution >= 4 is 17.4 Å². The van der Waals surface area contributed by atoms with Gasteiger partial charge in [-0.2, -0.15) is 0 Å². The van der Waals surface area contributed by atoms with E-state index < -0.39 is 0 Å². The fraction of sp³-hybridized carbons (Fsp3) is 0.333. The van der Waals surface area contributed by atoms with E-state index >= 15 is 0 Å². The molecule has 0 saturated heterocycles. The lowest BCUT2D eigenvalue weighted by atomic mass is 10.1. The molecule has 0 bridgehead atoms. The van der Waals surface area contributed by atoms with Gasteiger partial charge in [0, 0.05) is 23.8 Å². The van der Waals surface area contributed by atoms with E-state index in [1.54, 1.807) is 0 Å². The minimum atomic E-state index is 0.330. The van der Waals surface area contributed by atoms with Crippen LogP contribution in [0.3, 0.4) is 0 Å². The van der Waals surface area contributed by atoms with E-state index in [4.69, 9.17) is 16.3 Å². The van der Waals surface area contributed by atoms with Gasteiger partial charge in [0.1, 0.15) is 18.2 Å². The summed E-state index contributed by atoms with van der Waals surface area (Å²) in [6.07, 6.45) is 0. The fourth-order valence-electron chi connectivity index (χ4n) is 1.96. The molecule has 0 amide bonds. The molecule has 0 aliphatic rings. The molecule has 1 aromatic carbocycles. The highest BCUT2D eigenvalue weighted by Crippen LogP contribution is 2.26. The Bertz CT molecular complexity index is 606. The second kappa shape index (κ2) is 6.09. The number of halogens is 1. The molecular formula is C15H18ClN3O. The first-order valence-corrected chi connectivity index (χ1v) is 6.79. The topological polar surface area (TPSA) is 47.0 Å². The molecule has 1 heterocycles. The molecule has 106 valence electrons. The fourth-order valence-corrected chi connectivity index (χ4v) is 2.07. The van der Waals surface area contributed by atoms with Gasteiger partial charge in [-0.05, 0) is 44.0 Å². The Hall–Kier alpha value is -1.81. The lowest BCUT2D eigenvalue weighted by Gasteiger charge is -2.10. The monoisotopic (exact) mass is 291 g/mol. The second-order valence-electron chi connectivity index (χ2n) is 4.72. The quantitative estimate of drug-likeness (QED) is 0.933. The largest absolute Gasteiger partial charge is 0.486 e. The molecule has 0 aliphatic carbocycles. The molecule has 0 atom stereocenters. The third-order valence-corrected chi connectivity index (χ3v) is 3.53. The number of rotatable bonds is 4. The van der Waals surface area contributed by atoms with Crippen LogP contribution in [-0.2, 0) is 6.61 Å². The number of nitrogens with zero attached hydrogens (tertiary/aromatic N) is 2. The maximum atomic E-state index is 6.14. The van der Waals surface area contributed by atoms with Crippen molar-refractivity contribution in [3.8, 4) is 5.75 Å². The summed E-state index contributed by atoms with van der Waals surface area (Å²) in [5.74, 6) is 2.22. The van der Waals surface area contributed by atoms with E-state index in [2.05, 4.69) is 15.3 Å². The number of anilines is 1. The lowest BCUT2D eigenvalue weighted by molar-refractivity contribution is 0.295. The third kappa shape index (κ3) is 3.39. The molecule has 1 N–H and O–H groups in total. The summed E-state index contributed by atoms with van der Waals surface area (Å²) in [6, 6.07) is 5.73. The Balaban J connectivity index is 2.14. The minimum Gasteiger partial charge on any atom is -0.486 e. The molecule has 0 unspecified atom stereocenters.